The second-order valence-corrected chi connectivity index (χ2v) is 19.3. The van der Waals surface area contributed by atoms with Crippen LogP contribution in [0.2, 0.25) is 0 Å². The highest BCUT2D eigenvalue weighted by Crippen LogP contribution is 2.47. The maximum Gasteiger partial charge on any atom is 0.307 e. The van der Waals surface area contributed by atoms with Crippen LogP contribution in [0.4, 0.5) is 0 Å². The minimum atomic E-state index is -3.99. The predicted octanol–water partition coefficient (Wildman–Crippen LogP) is 4.85. The summed E-state index contributed by atoms with van der Waals surface area (Å²) in [6.07, 6.45) is 7.54. The van der Waals surface area contributed by atoms with Crippen molar-refractivity contribution in [2.24, 2.45) is 11.8 Å². The molecule has 1 saturated heterocycles. The van der Waals surface area contributed by atoms with Crippen molar-refractivity contribution in [1.82, 2.24) is 24.9 Å². The molecule has 2 aromatic rings. The summed E-state index contributed by atoms with van der Waals surface area (Å²) in [6, 6.07) is 4.29. The topological polar surface area (TPSA) is 183 Å². The van der Waals surface area contributed by atoms with E-state index in [4.69, 9.17) is 24.2 Å². The Morgan fingerprint density at radius 1 is 1.09 bits per heavy atom. The van der Waals surface area contributed by atoms with Crippen LogP contribution in [-0.2, 0) is 33.9 Å². The van der Waals surface area contributed by atoms with Crippen LogP contribution in [0.15, 0.2) is 30.4 Å². The normalized spacial score (nSPS) is 27.5. The van der Waals surface area contributed by atoms with Gasteiger partial charge in [0.15, 0.2) is 0 Å². The van der Waals surface area contributed by atoms with Crippen molar-refractivity contribution in [1.29, 1.82) is 0 Å². The van der Waals surface area contributed by atoms with Gasteiger partial charge < -0.3 is 24.4 Å². The number of carbonyl (C=O) groups is 4. The van der Waals surface area contributed by atoms with Crippen molar-refractivity contribution in [2.45, 2.75) is 140 Å². The van der Waals surface area contributed by atoms with E-state index in [9.17, 15) is 27.6 Å². The number of rotatable bonds is 9. The van der Waals surface area contributed by atoms with Crippen LogP contribution in [0.5, 0.6) is 11.6 Å². The molecular weight excluding hydrogens is 727 g/mol. The first kappa shape index (κ1) is 40.4. The highest BCUT2D eigenvalue weighted by Gasteiger charge is 2.63. The van der Waals surface area contributed by atoms with Gasteiger partial charge in [-0.1, -0.05) is 38.8 Å². The third kappa shape index (κ3) is 8.92. The zero-order valence-corrected chi connectivity index (χ0v) is 33.8. The number of methoxy groups -OCH3 is 1. The molecule has 0 bridgehead atoms. The summed E-state index contributed by atoms with van der Waals surface area (Å²) in [5.74, 6) is -2.70. The molecule has 3 fully saturated rings. The van der Waals surface area contributed by atoms with Gasteiger partial charge in [0, 0.05) is 30.2 Å². The van der Waals surface area contributed by atoms with Gasteiger partial charge >= 0.3 is 5.97 Å². The van der Waals surface area contributed by atoms with Crippen LogP contribution in [0.3, 0.4) is 0 Å². The Labute approximate surface area is 323 Å². The van der Waals surface area contributed by atoms with Crippen LogP contribution in [0.1, 0.15) is 117 Å². The van der Waals surface area contributed by atoms with Gasteiger partial charge in [0.2, 0.25) is 27.7 Å². The van der Waals surface area contributed by atoms with Crippen molar-refractivity contribution in [2.75, 3.05) is 13.7 Å². The average Bonchev–Trinajstić information content (AvgIpc) is 3.98. The Hall–Kier alpha value is -4.27. The number of fused-ring (bicyclic) bond motifs is 3. The molecule has 5 atom stereocenters. The summed E-state index contributed by atoms with van der Waals surface area (Å²) in [5.41, 5.74) is -0.447. The fourth-order valence-electron chi connectivity index (χ4n) is 7.44. The smallest absolute Gasteiger partial charge is 0.307 e. The molecule has 0 spiro atoms. The van der Waals surface area contributed by atoms with Crippen LogP contribution in [0.25, 0.3) is 11.0 Å². The van der Waals surface area contributed by atoms with Gasteiger partial charge in [-0.3, -0.25) is 23.9 Å². The second-order valence-electron chi connectivity index (χ2n) is 17.1. The lowest BCUT2D eigenvalue weighted by Gasteiger charge is -2.30. The number of carbonyl (C=O) groups excluding carboxylic acids is 4. The van der Waals surface area contributed by atoms with Gasteiger partial charge in [-0.2, -0.15) is 0 Å². The van der Waals surface area contributed by atoms with E-state index < -0.39 is 73.6 Å². The number of allylic oxidation sites excluding steroid dienone is 1. The number of benzene rings is 1. The quantitative estimate of drug-likeness (QED) is 0.262. The van der Waals surface area contributed by atoms with Gasteiger partial charge in [0.25, 0.3) is 5.91 Å². The lowest BCUT2D eigenvalue weighted by molar-refractivity contribution is -0.159. The Balaban J connectivity index is 1.33. The fraction of sp³-hybridized carbons (Fsp3) is 0.650. The summed E-state index contributed by atoms with van der Waals surface area (Å²) in [5, 5.41) is 2.91. The number of sulfonamides is 1. The van der Waals surface area contributed by atoms with Crippen molar-refractivity contribution >= 4 is 44.7 Å². The second kappa shape index (κ2) is 15.3. The highest BCUT2D eigenvalue weighted by molar-refractivity contribution is 7.91. The molecule has 0 unspecified atom stereocenters. The highest BCUT2D eigenvalue weighted by atomic mass is 32.2. The Bertz CT molecular complexity index is 1970. The predicted molar refractivity (Wildman–Crippen MR) is 205 cm³/mol. The molecule has 14 nitrogen and oxygen atoms in total. The van der Waals surface area contributed by atoms with E-state index in [0.717, 1.165) is 12.8 Å². The van der Waals surface area contributed by atoms with Crippen LogP contribution in [-0.4, -0.2) is 88.7 Å². The number of amides is 3. The summed E-state index contributed by atoms with van der Waals surface area (Å²) in [7, 11) is -2.43. The lowest BCUT2D eigenvalue weighted by atomic mass is 9.95. The molecule has 1 aromatic carbocycles. The maximum absolute atomic E-state index is 14.6. The van der Waals surface area contributed by atoms with E-state index in [2.05, 4.69) is 10.0 Å². The van der Waals surface area contributed by atoms with Crippen molar-refractivity contribution in [3.8, 4) is 11.6 Å². The molecule has 3 heterocycles. The zero-order valence-electron chi connectivity index (χ0n) is 33.0. The van der Waals surface area contributed by atoms with Gasteiger partial charge in [-0.15, -0.1) is 0 Å². The number of aromatic nitrogens is 2. The number of ether oxygens (including phenoxy) is 3. The third-order valence-corrected chi connectivity index (χ3v) is 13.3. The molecule has 55 heavy (non-hydrogen) atoms. The molecule has 300 valence electrons. The molecule has 1 aromatic heterocycles. The molecule has 2 aliphatic carbocycles. The third-order valence-electron chi connectivity index (χ3n) is 11.1. The van der Waals surface area contributed by atoms with E-state index in [-0.39, 0.29) is 37.6 Å². The Morgan fingerprint density at radius 2 is 1.84 bits per heavy atom. The number of hydrogen-bond donors (Lipinski definition) is 2. The maximum atomic E-state index is 14.6. The molecule has 3 amide bonds. The molecule has 2 saturated carbocycles. The number of esters is 1. The molecule has 6 rings (SSSR count). The standard InChI is InChI=1S/C40H55N5O9S/c1-24(2)33-35(42-30-20-27(52-7)15-16-29(30)41-33)53-28-21-31-34(47)43-40(37(49)44-55(50,51)39(6)17-18-39)22-26(40)14-12-10-8-9-11-13-25(36(48)45(31)23-28)19-32(46)54-38(3,4)5/h12,14-16,20,24-26,28,31H,8-11,13,17-19,21-23H2,1-7H3,(H,43,47)(H,44,49)/b14-12-/t25-,26-,28-,31+,40-/m1/s1. The molecule has 15 heteroatoms. The first-order valence-corrected chi connectivity index (χ1v) is 20.9. The number of nitrogens with zero attached hydrogens (tertiary/aromatic N) is 3. The van der Waals surface area contributed by atoms with E-state index in [1.54, 1.807) is 46.9 Å². The van der Waals surface area contributed by atoms with Crippen molar-refractivity contribution in [3.05, 3.63) is 36.0 Å². The van der Waals surface area contributed by atoms with E-state index in [1.165, 1.54) is 4.90 Å². The summed E-state index contributed by atoms with van der Waals surface area (Å²) < 4.78 is 45.1. The summed E-state index contributed by atoms with van der Waals surface area (Å²) >= 11 is 0. The average molecular weight is 782 g/mol. The minimum absolute atomic E-state index is 0.00631. The first-order valence-electron chi connectivity index (χ1n) is 19.4. The zero-order chi connectivity index (χ0) is 39.9. The monoisotopic (exact) mass is 781 g/mol. The number of nitrogens with one attached hydrogen (secondary N) is 2. The Kier molecular flexibility index (Phi) is 11.3. The SMILES string of the molecule is COc1ccc2nc(C(C)C)c(O[C@@H]3C[C@H]4C(=O)N[C@]5(C(=O)NS(=O)(=O)C6(C)CC6)C[C@H]5/C=C\CCCCC[C@H](CC(=O)OC(C)(C)C)C(=O)N4C3)nc2c1. The van der Waals surface area contributed by atoms with E-state index in [1.807, 2.05) is 32.1 Å². The van der Waals surface area contributed by atoms with Crippen molar-refractivity contribution < 1.29 is 41.8 Å². The van der Waals surface area contributed by atoms with Gasteiger partial charge in [-0.05, 0) is 78.4 Å². The Morgan fingerprint density at radius 3 is 2.51 bits per heavy atom. The van der Waals surface area contributed by atoms with E-state index >= 15 is 0 Å². The van der Waals surface area contributed by atoms with Crippen LogP contribution in [0, 0.1) is 11.8 Å². The molecule has 0 radical (unpaired) electrons. The summed E-state index contributed by atoms with van der Waals surface area (Å²) in [6.45, 7) is 10.8. The van der Waals surface area contributed by atoms with Crippen molar-refractivity contribution in [3.63, 3.8) is 0 Å². The fourth-order valence-corrected chi connectivity index (χ4v) is 8.75. The van der Waals surface area contributed by atoms with Gasteiger partial charge in [0.05, 0.1) is 35.9 Å². The number of hydrogen-bond acceptors (Lipinski definition) is 11. The van der Waals surface area contributed by atoms with Crippen LogP contribution < -0.4 is 19.5 Å². The van der Waals surface area contributed by atoms with Crippen LogP contribution >= 0.6 is 0 Å². The van der Waals surface area contributed by atoms with E-state index in [0.29, 0.717) is 54.6 Å². The molecular formula is C40H55N5O9S. The summed E-state index contributed by atoms with van der Waals surface area (Å²) in [4.78, 5) is 67.2. The molecule has 4 aliphatic rings. The van der Waals surface area contributed by atoms with Gasteiger partial charge in [-0.25, -0.2) is 18.4 Å². The molecule has 2 N–H and O–H groups in total. The lowest BCUT2D eigenvalue weighted by Crippen LogP contribution is -2.57. The molecule has 2 aliphatic heterocycles. The minimum Gasteiger partial charge on any atom is -0.497 e. The van der Waals surface area contributed by atoms with Gasteiger partial charge in [0.1, 0.15) is 34.7 Å². The first-order chi connectivity index (χ1) is 25.8. The largest absolute Gasteiger partial charge is 0.497 e.